The Kier molecular flexibility index (Phi) is 6.64. The second kappa shape index (κ2) is 8.93. The van der Waals surface area contributed by atoms with Gasteiger partial charge < -0.3 is 15.8 Å². The number of hydrogen-bond donors (Lipinski definition) is 2. The molecule has 2 rings (SSSR count). The van der Waals surface area contributed by atoms with Crippen molar-refractivity contribution in [3.8, 4) is 17.9 Å². The molecule has 0 atom stereocenters. The molecule has 0 aliphatic carbocycles. The summed E-state index contributed by atoms with van der Waals surface area (Å²) in [6.45, 7) is 2.94. The molecule has 0 fully saturated rings. The van der Waals surface area contributed by atoms with Crippen LogP contribution in [0.5, 0.6) is 5.75 Å². The van der Waals surface area contributed by atoms with Crippen molar-refractivity contribution in [1.29, 1.82) is 10.5 Å². The number of anilines is 1. The number of aromatic nitrogens is 1. The SMILES string of the molecule is CCOc1c(C#N)c(N)nc(SCc2ccc(CNC)cc2)c1C#N. The van der Waals surface area contributed by atoms with E-state index < -0.39 is 0 Å². The van der Waals surface area contributed by atoms with Gasteiger partial charge in [-0.25, -0.2) is 4.98 Å². The number of nitrogens with zero attached hydrogens (tertiary/aromatic N) is 3. The molecular formula is C18H19N5OS. The number of thioether (sulfide) groups is 1. The third-order valence-corrected chi connectivity index (χ3v) is 4.48. The summed E-state index contributed by atoms with van der Waals surface area (Å²) in [6.07, 6.45) is 0. The molecule has 25 heavy (non-hydrogen) atoms. The zero-order valence-corrected chi connectivity index (χ0v) is 15.0. The number of nitrogen functional groups attached to an aromatic ring is 1. The first-order valence-corrected chi connectivity index (χ1v) is 8.74. The normalized spacial score (nSPS) is 10.1. The van der Waals surface area contributed by atoms with E-state index >= 15 is 0 Å². The number of nitrogens with two attached hydrogens (primary N) is 1. The van der Waals surface area contributed by atoms with Gasteiger partial charge in [-0.1, -0.05) is 24.3 Å². The van der Waals surface area contributed by atoms with Gasteiger partial charge in [-0.2, -0.15) is 10.5 Å². The number of rotatable bonds is 7. The van der Waals surface area contributed by atoms with E-state index in [1.807, 2.05) is 25.2 Å². The van der Waals surface area contributed by atoms with Gasteiger partial charge in [0, 0.05) is 12.3 Å². The van der Waals surface area contributed by atoms with Crippen molar-refractivity contribution in [3.63, 3.8) is 0 Å². The average molecular weight is 353 g/mol. The predicted molar refractivity (Wildman–Crippen MR) is 98.0 cm³/mol. The monoisotopic (exact) mass is 353 g/mol. The van der Waals surface area contributed by atoms with E-state index in [0.717, 1.165) is 12.1 Å². The largest absolute Gasteiger partial charge is 0.491 e. The minimum Gasteiger partial charge on any atom is -0.491 e. The standard InChI is InChI=1S/C18H19N5OS/c1-3-24-16-14(8-19)17(21)23-18(15(16)9-20)25-11-13-6-4-12(5-7-13)10-22-2/h4-7,22H,3,10-11H2,1-2H3,(H2,21,23). The van der Waals surface area contributed by atoms with Crippen molar-refractivity contribution in [3.05, 3.63) is 46.5 Å². The zero-order valence-electron chi connectivity index (χ0n) is 14.2. The summed E-state index contributed by atoms with van der Waals surface area (Å²) in [5, 5.41) is 22.3. The Morgan fingerprint density at radius 3 is 2.36 bits per heavy atom. The van der Waals surface area contributed by atoms with Crippen molar-refractivity contribution in [2.45, 2.75) is 24.2 Å². The minimum atomic E-state index is 0.0804. The van der Waals surface area contributed by atoms with Crippen LogP contribution >= 0.6 is 11.8 Å². The predicted octanol–water partition coefficient (Wildman–Crippen LogP) is 2.82. The Bertz CT molecular complexity index is 821. The van der Waals surface area contributed by atoms with Crippen LogP contribution < -0.4 is 15.8 Å². The van der Waals surface area contributed by atoms with Gasteiger partial charge >= 0.3 is 0 Å². The van der Waals surface area contributed by atoms with Gasteiger partial charge in [-0.3, -0.25) is 0 Å². The summed E-state index contributed by atoms with van der Waals surface area (Å²) in [4.78, 5) is 4.23. The van der Waals surface area contributed by atoms with Crippen LogP contribution in [-0.4, -0.2) is 18.6 Å². The second-order valence-corrected chi connectivity index (χ2v) is 6.14. The smallest absolute Gasteiger partial charge is 0.161 e. The van der Waals surface area contributed by atoms with Gasteiger partial charge in [0.05, 0.1) is 6.61 Å². The third-order valence-electron chi connectivity index (χ3n) is 3.44. The number of pyridine rings is 1. The number of benzene rings is 1. The van der Waals surface area contributed by atoms with Crippen LogP contribution in [0.3, 0.4) is 0 Å². The van der Waals surface area contributed by atoms with E-state index in [9.17, 15) is 10.5 Å². The highest BCUT2D eigenvalue weighted by molar-refractivity contribution is 7.98. The average Bonchev–Trinajstić information content (AvgIpc) is 2.62. The fourth-order valence-corrected chi connectivity index (χ4v) is 3.21. The van der Waals surface area contributed by atoms with E-state index in [1.54, 1.807) is 6.92 Å². The molecule has 2 aromatic rings. The minimum absolute atomic E-state index is 0.0804. The molecule has 6 nitrogen and oxygen atoms in total. The van der Waals surface area contributed by atoms with Crippen LogP contribution in [0, 0.1) is 22.7 Å². The molecule has 1 heterocycles. The van der Waals surface area contributed by atoms with E-state index in [-0.39, 0.29) is 22.7 Å². The Hall–Kier alpha value is -2.74. The van der Waals surface area contributed by atoms with E-state index in [4.69, 9.17) is 10.5 Å². The van der Waals surface area contributed by atoms with Crippen LogP contribution in [0.4, 0.5) is 5.82 Å². The Morgan fingerprint density at radius 1 is 1.16 bits per heavy atom. The van der Waals surface area contributed by atoms with Gasteiger partial charge in [-0.05, 0) is 25.1 Å². The molecule has 0 aliphatic heterocycles. The molecule has 0 amide bonds. The quantitative estimate of drug-likeness (QED) is 0.737. The van der Waals surface area contributed by atoms with Gasteiger partial charge in [0.25, 0.3) is 0 Å². The molecule has 0 spiro atoms. The van der Waals surface area contributed by atoms with Crippen molar-refractivity contribution < 1.29 is 4.74 Å². The molecule has 0 bridgehead atoms. The maximum atomic E-state index is 9.49. The van der Waals surface area contributed by atoms with Gasteiger partial charge in [0.2, 0.25) is 0 Å². The summed E-state index contributed by atoms with van der Waals surface area (Å²) < 4.78 is 5.48. The zero-order chi connectivity index (χ0) is 18.2. The van der Waals surface area contributed by atoms with Crippen molar-refractivity contribution in [2.24, 2.45) is 0 Å². The molecule has 1 aromatic heterocycles. The highest BCUT2D eigenvalue weighted by atomic mass is 32.2. The van der Waals surface area contributed by atoms with Crippen molar-refractivity contribution in [2.75, 3.05) is 19.4 Å². The first-order chi connectivity index (χ1) is 12.1. The second-order valence-electron chi connectivity index (χ2n) is 5.17. The van der Waals surface area contributed by atoms with Crippen LogP contribution in [0.1, 0.15) is 29.2 Å². The van der Waals surface area contributed by atoms with Crippen LogP contribution in [-0.2, 0) is 12.3 Å². The highest BCUT2D eigenvalue weighted by Crippen LogP contribution is 2.35. The lowest BCUT2D eigenvalue weighted by Gasteiger charge is -2.12. The highest BCUT2D eigenvalue weighted by Gasteiger charge is 2.20. The molecule has 0 saturated carbocycles. The van der Waals surface area contributed by atoms with E-state index in [0.29, 0.717) is 17.4 Å². The number of nitriles is 2. The molecule has 1 aromatic carbocycles. The summed E-state index contributed by atoms with van der Waals surface area (Å²) in [7, 11) is 1.91. The molecule has 3 N–H and O–H groups in total. The van der Waals surface area contributed by atoms with E-state index in [1.165, 1.54) is 17.3 Å². The molecular weight excluding hydrogens is 334 g/mol. The molecule has 7 heteroatoms. The molecule has 0 radical (unpaired) electrons. The lowest BCUT2D eigenvalue weighted by atomic mass is 10.1. The van der Waals surface area contributed by atoms with Crippen LogP contribution in [0.25, 0.3) is 0 Å². The van der Waals surface area contributed by atoms with E-state index in [2.05, 4.69) is 28.5 Å². The van der Waals surface area contributed by atoms with Crippen molar-refractivity contribution in [1.82, 2.24) is 10.3 Å². The summed E-state index contributed by atoms with van der Waals surface area (Å²) in [5.74, 6) is 0.932. The van der Waals surface area contributed by atoms with Crippen molar-refractivity contribution >= 4 is 17.6 Å². The molecule has 128 valence electrons. The van der Waals surface area contributed by atoms with Gasteiger partial charge in [0.1, 0.15) is 34.1 Å². The maximum Gasteiger partial charge on any atom is 0.161 e. The summed E-state index contributed by atoms with van der Waals surface area (Å²) in [6, 6.07) is 12.3. The molecule has 0 aliphatic rings. The first kappa shape index (κ1) is 18.6. The first-order valence-electron chi connectivity index (χ1n) is 7.76. The number of hydrogen-bond acceptors (Lipinski definition) is 7. The van der Waals surface area contributed by atoms with Gasteiger partial charge in [0.15, 0.2) is 5.75 Å². The number of nitrogens with one attached hydrogen (secondary N) is 1. The lowest BCUT2D eigenvalue weighted by molar-refractivity contribution is 0.337. The third kappa shape index (κ3) is 4.42. The Balaban J connectivity index is 2.27. The van der Waals surface area contributed by atoms with Crippen LogP contribution in [0.15, 0.2) is 29.3 Å². The molecule has 0 saturated heterocycles. The van der Waals surface area contributed by atoms with Gasteiger partial charge in [-0.15, -0.1) is 11.8 Å². The maximum absolute atomic E-state index is 9.49. The fraction of sp³-hybridized carbons (Fsp3) is 0.278. The number of ether oxygens (including phenoxy) is 1. The lowest BCUT2D eigenvalue weighted by Crippen LogP contribution is -2.06. The topological polar surface area (TPSA) is 108 Å². The Morgan fingerprint density at radius 2 is 1.80 bits per heavy atom. The van der Waals surface area contributed by atoms with Crippen LogP contribution in [0.2, 0.25) is 0 Å². The summed E-state index contributed by atoms with van der Waals surface area (Å²) in [5.41, 5.74) is 8.54. The fourth-order valence-electron chi connectivity index (χ4n) is 2.27. The summed E-state index contributed by atoms with van der Waals surface area (Å²) >= 11 is 1.40. The Labute approximate surface area is 151 Å². The molecule has 0 unspecified atom stereocenters.